The Morgan fingerprint density at radius 3 is 2.04 bits per heavy atom. The zero-order chi connectivity index (χ0) is 40.0. The van der Waals surface area contributed by atoms with E-state index in [4.69, 9.17) is 21.1 Å². The molecule has 5 N–H and O–H groups in total. The second-order valence-electron chi connectivity index (χ2n) is 13.6. The number of nitrogens with zero attached hydrogens (tertiary/aromatic N) is 3. The quantitative estimate of drug-likeness (QED) is 0.0836. The molecule has 1 fully saturated rings. The summed E-state index contributed by atoms with van der Waals surface area (Å²) in [5, 5.41) is 13.9. The average Bonchev–Trinajstić information content (AvgIpc) is 3.92. The molecule has 1 aliphatic rings. The van der Waals surface area contributed by atoms with E-state index in [-0.39, 0.29) is 22.9 Å². The van der Waals surface area contributed by atoms with Crippen LogP contribution in [0.2, 0.25) is 5.02 Å². The molecule has 0 saturated heterocycles. The van der Waals surface area contributed by atoms with E-state index in [9.17, 15) is 32.3 Å². The molecular formula is C37H38ClF3N8O6. The van der Waals surface area contributed by atoms with E-state index >= 15 is 0 Å². The number of anilines is 4. The largest absolute Gasteiger partial charge is 0.467 e. The molecule has 55 heavy (non-hydrogen) atoms. The molecule has 0 bridgehead atoms. The van der Waals surface area contributed by atoms with E-state index in [1.165, 1.54) is 24.3 Å². The van der Waals surface area contributed by atoms with Crippen molar-refractivity contribution in [3.63, 3.8) is 0 Å². The third-order valence-corrected chi connectivity index (χ3v) is 8.61. The smallest absolute Gasteiger partial charge is 0.422 e. The minimum absolute atomic E-state index is 0.0358. The third kappa shape index (κ3) is 11.3. The van der Waals surface area contributed by atoms with Crippen molar-refractivity contribution < 1.29 is 41.8 Å². The Kier molecular flexibility index (Phi) is 12.1. The van der Waals surface area contributed by atoms with E-state index in [1.807, 2.05) is 45.0 Å². The molecule has 3 aromatic carbocycles. The Hall–Kier alpha value is -5.97. The van der Waals surface area contributed by atoms with E-state index in [1.54, 1.807) is 24.3 Å². The van der Waals surface area contributed by atoms with Crippen molar-refractivity contribution in [3.8, 4) is 6.01 Å². The summed E-state index contributed by atoms with van der Waals surface area (Å²) in [6.07, 6.45) is -3.23. The Morgan fingerprint density at radius 2 is 1.45 bits per heavy atom. The van der Waals surface area contributed by atoms with Gasteiger partial charge in [-0.3, -0.25) is 14.4 Å². The number of benzene rings is 3. The summed E-state index contributed by atoms with van der Waals surface area (Å²) in [6, 6.07) is 17.9. The van der Waals surface area contributed by atoms with Gasteiger partial charge in [0.2, 0.25) is 11.9 Å². The van der Waals surface area contributed by atoms with E-state index in [0.717, 1.165) is 18.2 Å². The maximum atomic E-state index is 13.1. The maximum absolute atomic E-state index is 13.1. The fraction of sp³-hybridized carbons (Fsp3) is 0.324. The first-order valence-corrected chi connectivity index (χ1v) is 17.3. The van der Waals surface area contributed by atoms with Gasteiger partial charge in [-0.15, -0.1) is 0 Å². The van der Waals surface area contributed by atoms with Gasteiger partial charge in [-0.1, -0.05) is 56.6 Å². The molecule has 18 heteroatoms. The molecule has 0 radical (unpaired) electrons. The summed E-state index contributed by atoms with van der Waals surface area (Å²) in [6.45, 7) is 4.04. The molecule has 5 rings (SSSR count). The van der Waals surface area contributed by atoms with Crippen molar-refractivity contribution >= 4 is 58.6 Å². The lowest BCUT2D eigenvalue weighted by atomic mass is 9.87. The molecule has 1 atom stereocenters. The van der Waals surface area contributed by atoms with Gasteiger partial charge in [0.1, 0.15) is 6.04 Å². The SMILES string of the molecule is COC(=O)[C@H](CNC(=O)C(=O)Nc1ccc(C(C)(C)C)cc1)NC(=O)c1ccc(Nc2nc(NC3(c4ccc(Cl)cc4)CC3)nc(OCC(F)(F)F)n2)cc1. The highest BCUT2D eigenvalue weighted by atomic mass is 35.5. The number of alkyl halides is 3. The van der Waals surface area contributed by atoms with Crippen LogP contribution in [0.1, 0.15) is 55.1 Å². The van der Waals surface area contributed by atoms with Crippen molar-refractivity contribution in [2.24, 2.45) is 0 Å². The Labute approximate surface area is 319 Å². The molecule has 0 unspecified atom stereocenters. The number of methoxy groups -OCH3 is 1. The van der Waals surface area contributed by atoms with Crippen molar-refractivity contribution in [1.82, 2.24) is 25.6 Å². The van der Waals surface area contributed by atoms with Crippen LogP contribution in [0.3, 0.4) is 0 Å². The van der Waals surface area contributed by atoms with Gasteiger partial charge in [-0.2, -0.15) is 28.1 Å². The molecular weight excluding hydrogens is 745 g/mol. The van der Waals surface area contributed by atoms with Crippen molar-refractivity contribution in [2.75, 3.05) is 36.2 Å². The maximum Gasteiger partial charge on any atom is 0.422 e. The predicted octanol–water partition coefficient (Wildman–Crippen LogP) is 5.63. The van der Waals surface area contributed by atoms with Gasteiger partial charge >= 0.3 is 30.0 Å². The highest BCUT2D eigenvalue weighted by Gasteiger charge is 2.45. The number of aromatic nitrogens is 3. The van der Waals surface area contributed by atoms with Crippen LogP contribution in [-0.2, 0) is 30.1 Å². The third-order valence-electron chi connectivity index (χ3n) is 8.35. The number of ether oxygens (including phenoxy) is 2. The summed E-state index contributed by atoms with van der Waals surface area (Å²) in [7, 11) is 1.10. The molecule has 290 valence electrons. The molecule has 1 saturated carbocycles. The highest BCUT2D eigenvalue weighted by Crippen LogP contribution is 2.48. The van der Waals surface area contributed by atoms with Crippen LogP contribution in [0.15, 0.2) is 72.8 Å². The van der Waals surface area contributed by atoms with Crippen LogP contribution in [0.5, 0.6) is 6.01 Å². The number of amides is 3. The number of halogens is 4. The van der Waals surface area contributed by atoms with Crippen molar-refractivity contribution in [3.05, 3.63) is 94.5 Å². The van der Waals surface area contributed by atoms with Crippen LogP contribution in [0.4, 0.5) is 36.4 Å². The molecule has 0 spiro atoms. The second kappa shape index (κ2) is 16.6. The molecule has 14 nitrogen and oxygen atoms in total. The summed E-state index contributed by atoms with van der Waals surface area (Å²) >= 11 is 6.03. The van der Waals surface area contributed by atoms with Gasteiger partial charge in [0, 0.05) is 28.5 Å². The molecule has 1 heterocycles. The Bertz CT molecular complexity index is 2020. The van der Waals surface area contributed by atoms with Gasteiger partial charge in [0.25, 0.3) is 5.91 Å². The number of hydrogen-bond acceptors (Lipinski definition) is 11. The lowest BCUT2D eigenvalue weighted by molar-refractivity contribution is -0.154. The van der Waals surface area contributed by atoms with Crippen molar-refractivity contribution in [1.29, 1.82) is 0 Å². The summed E-state index contributed by atoms with van der Waals surface area (Å²) in [4.78, 5) is 62.9. The van der Waals surface area contributed by atoms with Gasteiger partial charge in [-0.05, 0) is 77.9 Å². The number of rotatable bonds is 13. The van der Waals surface area contributed by atoms with E-state index in [2.05, 4.69) is 41.5 Å². The molecule has 0 aliphatic heterocycles. The van der Waals surface area contributed by atoms with Gasteiger partial charge in [0.05, 0.1) is 12.6 Å². The normalized spacial score (nSPS) is 13.8. The lowest BCUT2D eigenvalue weighted by Gasteiger charge is -2.19. The van der Waals surface area contributed by atoms with E-state index < -0.39 is 60.6 Å². The molecule has 1 aromatic heterocycles. The average molecular weight is 783 g/mol. The fourth-order valence-corrected chi connectivity index (χ4v) is 5.33. The first-order chi connectivity index (χ1) is 25.9. The van der Waals surface area contributed by atoms with Gasteiger partial charge in [0.15, 0.2) is 6.61 Å². The summed E-state index contributed by atoms with van der Waals surface area (Å²) < 4.78 is 48.5. The topological polar surface area (TPSA) is 186 Å². The fourth-order valence-electron chi connectivity index (χ4n) is 5.20. The van der Waals surface area contributed by atoms with Crippen LogP contribution >= 0.6 is 11.6 Å². The lowest BCUT2D eigenvalue weighted by Crippen LogP contribution is -2.50. The Balaban J connectivity index is 1.22. The Morgan fingerprint density at radius 1 is 0.836 bits per heavy atom. The monoisotopic (exact) mass is 782 g/mol. The number of carbonyl (C=O) groups excluding carboxylic acids is 4. The minimum Gasteiger partial charge on any atom is -0.467 e. The van der Waals surface area contributed by atoms with Crippen LogP contribution in [0.25, 0.3) is 0 Å². The van der Waals surface area contributed by atoms with Crippen LogP contribution in [0, 0.1) is 0 Å². The standard InChI is InChI=1S/C37H38ClF3N8O6/c1-35(2,3)22-9-15-25(16-10-22)43-30(52)29(51)42-19-27(31(53)54-4)45-28(50)21-5-13-26(14-6-21)44-32-46-33(48-34(47-32)55-20-37(39,40)41)49-36(17-18-36)23-7-11-24(38)12-8-23/h5-16,27H,17-20H2,1-4H3,(H,42,51)(H,43,52)(H,45,50)(H2,44,46,47,48,49)/t27-/m0/s1. The second-order valence-corrected chi connectivity index (χ2v) is 14.1. The van der Waals surface area contributed by atoms with Crippen molar-refractivity contribution in [2.45, 2.75) is 56.8 Å². The minimum atomic E-state index is -4.64. The number of carbonyl (C=O) groups is 4. The number of nitrogens with one attached hydrogen (secondary N) is 5. The molecule has 4 aromatic rings. The first-order valence-electron chi connectivity index (χ1n) is 16.9. The number of esters is 1. The first kappa shape index (κ1) is 40.2. The molecule has 1 aliphatic carbocycles. The van der Waals surface area contributed by atoms with E-state index in [0.29, 0.717) is 29.2 Å². The zero-order valence-electron chi connectivity index (χ0n) is 30.1. The van der Waals surface area contributed by atoms with Crippen LogP contribution < -0.4 is 31.3 Å². The molecule has 3 amide bonds. The van der Waals surface area contributed by atoms with Gasteiger partial charge < -0.3 is 36.1 Å². The predicted molar refractivity (Wildman–Crippen MR) is 197 cm³/mol. The summed E-state index contributed by atoms with van der Waals surface area (Å²) in [5.41, 5.74) is 2.08. The highest BCUT2D eigenvalue weighted by molar-refractivity contribution is 6.39. The van der Waals surface area contributed by atoms with Crippen LogP contribution in [-0.4, -0.2) is 71.1 Å². The summed E-state index contributed by atoms with van der Waals surface area (Å²) in [5.74, 6) is -3.80. The number of hydrogen-bond donors (Lipinski definition) is 5. The zero-order valence-corrected chi connectivity index (χ0v) is 30.9. The van der Waals surface area contributed by atoms with Gasteiger partial charge in [-0.25, -0.2) is 4.79 Å².